The van der Waals surface area contributed by atoms with Gasteiger partial charge in [-0.1, -0.05) is 127 Å². The van der Waals surface area contributed by atoms with Crippen molar-refractivity contribution in [3.05, 3.63) is 182 Å². The molecule has 57 heavy (non-hydrogen) atoms. The van der Waals surface area contributed by atoms with Gasteiger partial charge in [-0.3, -0.25) is 0 Å². The first-order chi connectivity index (χ1) is 28.2. The summed E-state index contributed by atoms with van der Waals surface area (Å²) in [7, 11) is 0. The summed E-state index contributed by atoms with van der Waals surface area (Å²) in [6, 6.07) is 62.7. The van der Waals surface area contributed by atoms with Crippen LogP contribution in [0.2, 0.25) is 0 Å². The molecule has 0 bridgehead atoms. The maximum absolute atomic E-state index is 6.78. The number of benzene rings is 8. The van der Waals surface area contributed by atoms with E-state index in [-0.39, 0.29) is 0 Å². The number of rotatable bonds is 5. The molecule has 266 valence electrons. The van der Waals surface area contributed by atoms with Crippen LogP contribution in [0.3, 0.4) is 0 Å². The van der Waals surface area contributed by atoms with E-state index in [4.69, 9.17) is 23.8 Å². The zero-order valence-electron chi connectivity index (χ0n) is 30.4. The molecule has 0 saturated heterocycles. The fourth-order valence-corrected chi connectivity index (χ4v) is 8.35. The average Bonchev–Trinajstić information content (AvgIpc) is 3.95. The van der Waals surface area contributed by atoms with Gasteiger partial charge in [0, 0.05) is 49.0 Å². The fraction of sp³-hybridized carbons (Fsp3) is 0. The van der Waals surface area contributed by atoms with Crippen LogP contribution in [0.5, 0.6) is 0 Å². The molecule has 0 fully saturated rings. The van der Waals surface area contributed by atoms with Crippen molar-refractivity contribution in [1.29, 1.82) is 0 Å². The van der Waals surface area contributed by atoms with Gasteiger partial charge in [0.05, 0.1) is 16.7 Å². The Kier molecular flexibility index (Phi) is 6.83. The average molecular weight is 731 g/mol. The summed E-state index contributed by atoms with van der Waals surface area (Å²) >= 11 is 0. The smallest absolute Gasteiger partial charge is 0.164 e. The Labute approximate surface area is 325 Å². The molecule has 0 aliphatic heterocycles. The summed E-state index contributed by atoms with van der Waals surface area (Å²) in [6.45, 7) is 0. The first-order valence-electron chi connectivity index (χ1n) is 19.0. The lowest BCUT2D eigenvalue weighted by molar-refractivity contribution is 0.666. The van der Waals surface area contributed by atoms with Crippen LogP contribution in [-0.4, -0.2) is 19.5 Å². The normalized spacial score (nSPS) is 11.9. The summed E-state index contributed by atoms with van der Waals surface area (Å²) in [5.74, 6) is 1.84. The number of hydrogen-bond acceptors (Lipinski definition) is 5. The second-order valence-corrected chi connectivity index (χ2v) is 14.4. The highest BCUT2D eigenvalue weighted by Crippen LogP contribution is 2.40. The zero-order chi connectivity index (χ0) is 37.5. The molecule has 6 nitrogen and oxygen atoms in total. The van der Waals surface area contributed by atoms with Crippen LogP contribution in [0.1, 0.15) is 0 Å². The Balaban J connectivity index is 0.948. The fourth-order valence-electron chi connectivity index (χ4n) is 8.35. The molecular weight excluding hydrogens is 701 g/mol. The molecule has 0 amide bonds. The Morgan fingerprint density at radius 2 is 0.825 bits per heavy atom. The lowest BCUT2D eigenvalue weighted by Crippen LogP contribution is -2.00. The predicted octanol–water partition coefficient (Wildman–Crippen LogP) is 13.4. The van der Waals surface area contributed by atoms with Gasteiger partial charge >= 0.3 is 0 Å². The van der Waals surface area contributed by atoms with Gasteiger partial charge in [-0.15, -0.1) is 0 Å². The van der Waals surface area contributed by atoms with E-state index in [2.05, 4.69) is 120 Å². The monoisotopic (exact) mass is 730 g/mol. The predicted molar refractivity (Wildman–Crippen MR) is 230 cm³/mol. The molecule has 8 aromatic carbocycles. The second-order valence-electron chi connectivity index (χ2n) is 14.4. The molecule has 0 atom stereocenters. The van der Waals surface area contributed by atoms with Gasteiger partial charge in [-0.2, -0.15) is 0 Å². The topological polar surface area (TPSA) is 69.9 Å². The minimum Gasteiger partial charge on any atom is -0.456 e. The van der Waals surface area contributed by atoms with Crippen LogP contribution < -0.4 is 0 Å². The van der Waals surface area contributed by atoms with Crippen molar-refractivity contribution >= 4 is 65.7 Å². The van der Waals surface area contributed by atoms with Crippen molar-refractivity contribution in [3.8, 4) is 51.0 Å². The summed E-state index contributed by atoms with van der Waals surface area (Å²) in [5.41, 5.74) is 11.5. The van der Waals surface area contributed by atoms with Crippen LogP contribution in [0.25, 0.3) is 117 Å². The van der Waals surface area contributed by atoms with Gasteiger partial charge in [0.25, 0.3) is 0 Å². The maximum Gasteiger partial charge on any atom is 0.164 e. The largest absolute Gasteiger partial charge is 0.456 e. The van der Waals surface area contributed by atoms with E-state index in [1.807, 2.05) is 66.7 Å². The van der Waals surface area contributed by atoms with E-state index < -0.39 is 0 Å². The third-order valence-electron chi connectivity index (χ3n) is 11.1. The van der Waals surface area contributed by atoms with Crippen molar-refractivity contribution in [3.63, 3.8) is 0 Å². The SMILES string of the molecule is c1ccc(-c2nc(-c3ccccc3)nc(-c3ccc4c(c3)oc3ccc(-c5ccc6c(c5)oc5c(-n7c8ccccc8c8ccccc87)cccc56)cc34)n2)cc1. The maximum atomic E-state index is 6.78. The van der Waals surface area contributed by atoms with Gasteiger partial charge in [-0.05, 0) is 65.7 Å². The highest BCUT2D eigenvalue weighted by molar-refractivity contribution is 6.13. The van der Waals surface area contributed by atoms with Crippen LogP contribution in [0.15, 0.2) is 191 Å². The highest BCUT2D eigenvalue weighted by Gasteiger charge is 2.19. The molecule has 0 spiro atoms. The molecule has 12 aromatic rings. The summed E-state index contributed by atoms with van der Waals surface area (Å²) in [4.78, 5) is 14.7. The standard InChI is InChI=1S/C51H30N4O2/c1-3-12-31(13-4-1)49-52-50(32-14-5-2-6-15-32)54-51(53-49)35-23-26-39-41-28-33(24-27-45(41)56-46(39)30-35)34-22-25-38-40-18-11-21-44(48(40)57-47(38)29-34)55-42-19-9-7-16-36(42)37-17-8-10-20-43(37)55/h1-30H. The van der Waals surface area contributed by atoms with Gasteiger partial charge in [0.2, 0.25) is 0 Å². The van der Waals surface area contributed by atoms with Gasteiger partial charge in [0.1, 0.15) is 16.7 Å². The van der Waals surface area contributed by atoms with E-state index in [1.165, 1.54) is 10.8 Å². The van der Waals surface area contributed by atoms with Gasteiger partial charge < -0.3 is 13.4 Å². The molecule has 0 saturated carbocycles. The van der Waals surface area contributed by atoms with Crippen molar-refractivity contribution in [2.45, 2.75) is 0 Å². The minimum atomic E-state index is 0.589. The van der Waals surface area contributed by atoms with Crippen molar-refractivity contribution in [2.24, 2.45) is 0 Å². The Hall–Kier alpha value is -7.83. The first kappa shape index (κ1) is 31.5. The van der Waals surface area contributed by atoms with E-state index in [1.54, 1.807) is 0 Å². The van der Waals surface area contributed by atoms with Gasteiger partial charge in [0.15, 0.2) is 23.1 Å². The first-order valence-corrected chi connectivity index (χ1v) is 19.0. The van der Waals surface area contributed by atoms with E-state index in [9.17, 15) is 0 Å². The molecule has 4 heterocycles. The summed E-state index contributed by atoms with van der Waals surface area (Å²) < 4.78 is 15.6. The van der Waals surface area contributed by atoms with E-state index in [0.29, 0.717) is 17.5 Å². The Morgan fingerprint density at radius 1 is 0.316 bits per heavy atom. The lowest BCUT2D eigenvalue weighted by atomic mass is 10.0. The summed E-state index contributed by atoms with van der Waals surface area (Å²) in [5, 5.41) is 6.69. The molecular formula is C51H30N4O2. The second kappa shape index (κ2) is 12.3. The van der Waals surface area contributed by atoms with Crippen LogP contribution in [0.4, 0.5) is 0 Å². The number of aromatic nitrogens is 4. The van der Waals surface area contributed by atoms with E-state index >= 15 is 0 Å². The van der Waals surface area contributed by atoms with Crippen LogP contribution >= 0.6 is 0 Å². The third-order valence-corrected chi connectivity index (χ3v) is 11.1. The number of para-hydroxylation sites is 3. The highest BCUT2D eigenvalue weighted by atomic mass is 16.3. The summed E-state index contributed by atoms with van der Waals surface area (Å²) in [6.07, 6.45) is 0. The van der Waals surface area contributed by atoms with Crippen LogP contribution in [-0.2, 0) is 0 Å². The van der Waals surface area contributed by atoms with Crippen molar-refractivity contribution < 1.29 is 8.83 Å². The minimum absolute atomic E-state index is 0.589. The molecule has 4 aromatic heterocycles. The number of furan rings is 2. The van der Waals surface area contributed by atoms with Crippen molar-refractivity contribution in [2.75, 3.05) is 0 Å². The Bertz CT molecular complexity index is 3410. The van der Waals surface area contributed by atoms with Gasteiger partial charge in [-0.25, -0.2) is 15.0 Å². The van der Waals surface area contributed by atoms with Crippen LogP contribution in [0, 0.1) is 0 Å². The third kappa shape index (κ3) is 5.01. The number of hydrogen-bond donors (Lipinski definition) is 0. The quantitative estimate of drug-likeness (QED) is 0.176. The number of fused-ring (bicyclic) bond motifs is 9. The molecule has 0 radical (unpaired) electrons. The molecule has 12 rings (SSSR count). The van der Waals surface area contributed by atoms with Crippen molar-refractivity contribution in [1.82, 2.24) is 19.5 Å². The zero-order valence-corrected chi connectivity index (χ0v) is 30.4. The molecule has 6 heteroatoms. The number of nitrogens with zero attached hydrogens (tertiary/aromatic N) is 4. The Morgan fingerprint density at radius 3 is 1.51 bits per heavy atom. The van der Waals surface area contributed by atoms with E-state index in [0.717, 1.165) is 88.4 Å². The molecule has 0 unspecified atom stereocenters. The molecule has 0 aliphatic carbocycles. The lowest BCUT2D eigenvalue weighted by Gasteiger charge is -2.08. The molecule has 0 aliphatic rings. The molecule has 0 N–H and O–H groups in total.